The predicted octanol–water partition coefficient (Wildman–Crippen LogP) is 8.83. The van der Waals surface area contributed by atoms with E-state index in [0.29, 0.717) is 0 Å². The normalized spacial score (nSPS) is 13.3. The molecule has 0 aromatic carbocycles. The third-order valence-electron chi connectivity index (χ3n) is 6.55. The van der Waals surface area contributed by atoms with Crippen LogP contribution in [0.15, 0.2) is 0 Å². The van der Waals surface area contributed by atoms with Crippen LogP contribution in [0.4, 0.5) is 0 Å². The minimum atomic E-state index is -0.0784. The number of aliphatic hydroxyl groups is 1. The Balaban J connectivity index is 4.44. The van der Waals surface area contributed by atoms with Gasteiger partial charge in [-0.1, -0.05) is 124 Å². The van der Waals surface area contributed by atoms with Crippen LogP contribution in [0.5, 0.6) is 0 Å². The first-order valence-corrected chi connectivity index (χ1v) is 12.3. The molecular weight excluding hydrogens is 316 g/mol. The molecule has 1 unspecified atom stereocenters. The van der Waals surface area contributed by atoms with Crippen molar-refractivity contribution >= 4 is 0 Å². The topological polar surface area (TPSA) is 20.2 Å². The molecule has 0 aliphatic rings. The Morgan fingerprint density at radius 3 is 1.35 bits per heavy atom. The smallest absolute Gasteiger partial charge is 0.0596 e. The van der Waals surface area contributed by atoms with Gasteiger partial charge in [0.05, 0.1) is 6.10 Å². The lowest BCUT2D eigenvalue weighted by Gasteiger charge is -2.38. The third-order valence-corrected chi connectivity index (χ3v) is 6.55. The van der Waals surface area contributed by atoms with E-state index in [4.69, 9.17) is 0 Å². The average molecular weight is 369 g/mol. The second-order valence-electron chi connectivity index (χ2n) is 8.76. The molecule has 1 nitrogen and oxygen atoms in total. The van der Waals surface area contributed by atoms with Gasteiger partial charge in [-0.3, -0.25) is 0 Å². The van der Waals surface area contributed by atoms with Crippen LogP contribution in [0.2, 0.25) is 0 Å². The average Bonchev–Trinajstić information content (AvgIpc) is 2.65. The van der Waals surface area contributed by atoms with E-state index in [1.807, 2.05) is 0 Å². The highest BCUT2D eigenvalue weighted by atomic mass is 16.3. The molecule has 0 heterocycles. The summed E-state index contributed by atoms with van der Waals surface area (Å²) in [6.07, 6.45) is 24.7. The molecule has 0 bridgehead atoms. The van der Waals surface area contributed by atoms with E-state index in [0.717, 1.165) is 12.8 Å². The van der Waals surface area contributed by atoms with Gasteiger partial charge < -0.3 is 5.11 Å². The lowest BCUT2D eigenvalue weighted by Crippen LogP contribution is -2.35. The molecule has 26 heavy (non-hydrogen) atoms. The highest BCUT2D eigenvalue weighted by Gasteiger charge is 2.34. The number of rotatable bonds is 20. The molecule has 0 aliphatic heterocycles. The Labute approximate surface area is 166 Å². The summed E-state index contributed by atoms with van der Waals surface area (Å²) in [5.74, 6) is 0. The minimum Gasteiger partial charge on any atom is -0.393 e. The van der Waals surface area contributed by atoms with Crippen LogP contribution in [0.3, 0.4) is 0 Å². The van der Waals surface area contributed by atoms with Crippen molar-refractivity contribution in [3.8, 4) is 0 Å². The predicted molar refractivity (Wildman–Crippen MR) is 119 cm³/mol. The molecular formula is C25H52O. The molecule has 0 rings (SSSR count). The van der Waals surface area contributed by atoms with E-state index in [-0.39, 0.29) is 11.5 Å². The lowest BCUT2D eigenvalue weighted by atomic mass is 9.70. The third kappa shape index (κ3) is 12.4. The van der Waals surface area contributed by atoms with Crippen molar-refractivity contribution in [3.63, 3.8) is 0 Å². The van der Waals surface area contributed by atoms with E-state index in [1.165, 1.54) is 109 Å². The maximum absolute atomic E-state index is 11.1. The monoisotopic (exact) mass is 368 g/mol. The first-order valence-electron chi connectivity index (χ1n) is 12.3. The summed E-state index contributed by atoms with van der Waals surface area (Å²) >= 11 is 0. The molecule has 0 saturated carbocycles. The summed E-state index contributed by atoms with van der Waals surface area (Å²) in [7, 11) is 0. The van der Waals surface area contributed by atoms with Gasteiger partial charge in [0.25, 0.3) is 0 Å². The summed E-state index contributed by atoms with van der Waals surface area (Å²) in [4.78, 5) is 0. The second kappa shape index (κ2) is 18.3. The van der Waals surface area contributed by atoms with Gasteiger partial charge >= 0.3 is 0 Å². The van der Waals surface area contributed by atoms with Crippen molar-refractivity contribution in [1.29, 1.82) is 0 Å². The van der Waals surface area contributed by atoms with Gasteiger partial charge in [0.1, 0.15) is 0 Å². The summed E-state index contributed by atoms with van der Waals surface area (Å²) in [5, 5.41) is 11.1. The first kappa shape index (κ1) is 26.0. The van der Waals surface area contributed by atoms with Crippen LogP contribution >= 0.6 is 0 Å². The van der Waals surface area contributed by atoms with Gasteiger partial charge in [-0.05, 0) is 31.1 Å². The zero-order valence-electron chi connectivity index (χ0n) is 19.0. The molecule has 0 fully saturated rings. The summed E-state index contributed by atoms with van der Waals surface area (Å²) in [6, 6.07) is 0. The molecule has 0 aliphatic carbocycles. The molecule has 0 aromatic rings. The van der Waals surface area contributed by atoms with Crippen molar-refractivity contribution in [1.82, 2.24) is 0 Å². The molecule has 1 atom stereocenters. The van der Waals surface area contributed by atoms with Crippen molar-refractivity contribution in [2.24, 2.45) is 5.41 Å². The summed E-state index contributed by atoms with van der Waals surface area (Å²) in [5.41, 5.74) is 0.198. The van der Waals surface area contributed by atoms with E-state index in [2.05, 4.69) is 27.7 Å². The van der Waals surface area contributed by atoms with E-state index in [1.54, 1.807) is 0 Å². The van der Waals surface area contributed by atoms with Gasteiger partial charge in [0, 0.05) is 0 Å². The van der Waals surface area contributed by atoms with Crippen molar-refractivity contribution in [2.75, 3.05) is 0 Å². The summed E-state index contributed by atoms with van der Waals surface area (Å²) < 4.78 is 0. The van der Waals surface area contributed by atoms with Crippen molar-refractivity contribution < 1.29 is 5.11 Å². The number of aliphatic hydroxyl groups excluding tert-OH is 1. The number of hydrogen-bond donors (Lipinski definition) is 1. The van der Waals surface area contributed by atoms with E-state index in [9.17, 15) is 5.11 Å². The van der Waals surface area contributed by atoms with Gasteiger partial charge in [-0.2, -0.15) is 0 Å². The fourth-order valence-electron chi connectivity index (χ4n) is 4.46. The molecule has 1 N–H and O–H groups in total. The molecule has 0 amide bonds. The zero-order chi connectivity index (χ0) is 19.5. The van der Waals surface area contributed by atoms with Gasteiger partial charge in [0.2, 0.25) is 0 Å². The zero-order valence-corrected chi connectivity index (χ0v) is 19.0. The highest BCUT2D eigenvalue weighted by Crippen LogP contribution is 2.40. The Bertz CT molecular complexity index is 257. The van der Waals surface area contributed by atoms with Gasteiger partial charge in [0.15, 0.2) is 0 Å². The van der Waals surface area contributed by atoms with Crippen LogP contribution in [-0.2, 0) is 0 Å². The summed E-state index contributed by atoms with van der Waals surface area (Å²) in [6.45, 7) is 9.16. The Morgan fingerprint density at radius 2 is 0.923 bits per heavy atom. The highest BCUT2D eigenvalue weighted by molar-refractivity contribution is 4.85. The maximum atomic E-state index is 11.1. The maximum Gasteiger partial charge on any atom is 0.0596 e. The van der Waals surface area contributed by atoms with Gasteiger partial charge in [-0.25, -0.2) is 0 Å². The molecule has 0 spiro atoms. The molecule has 158 valence electrons. The van der Waals surface area contributed by atoms with Crippen LogP contribution in [0, 0.1) is 5.41 Å². The van der Waals surface area contributed by atoms with E-state index < -0.39 is 0 Å². The quantitative estimate of drug-likeness (QED) is 0.213. The molecule has 0 aromatic heterocycles. The molecule has 0 saturated heterocycles. The first-order chi connectivity index (χ1) is 12.7. The molecule has 1 heteroatoms. The van der Waals surface area contributed by atoms with Crippen LogP contribution in [0.25, 0.3) is 0 Å². The fraction of sp³-hybridized carbons (Fsp3) is 1.00. The van der Waals surface area contributed by atoms with Crippen LogP contribution in [0.1, 0.15) is 150 Å². The standard InChI is InChI=1S/C25H52O/c1-5-9-12-14-16-19-22-25(8-4,24(26)21-18-11-7-3)23-20-17-15-13-10-6-2/h24,26H,5-23H2,1-4H3. The van der Waals surface area contributed by atoms with Crippen LogP contribution in [-0.4, -0.2) is 11.2 Å². The second-order valence-corrected chi connectivity index (χ2v) is 8.76. The molecule has 0 radical (unpaired) electrons. The SMILES string of the molecule is CCCCCCCCC(CC)(CCCCCCCC)C(O)CCCCC. The van der Waals surface area contributed by atoms with Crippen LogP contribution < -0.4 is 0 Å². The van der Waals surface area contributed by atoms with Gasteiger partial charge in [-0.15, -0.1) is 0 Å². The minimum absolute atomic E-state index is 0.0784. The fourth-order valence-corrected chi connectivity index (χ4v) is 4.46. The van der Waals surface area contributed by atoms with Crippen molar-refractivity contribution in [3.05, 3.63) is 0 Å². The largest absolute Gasteiger partial charge is 0.393 e. The van der Waals surface area contributed by atoms with E-state index >= 15 is 0 Å². The Kier molecular flexibility index (Phi) is 18.3. The number of hydrogen-bond acceptors (Lipinski definition) is 1. The Hall–Kier alpha value is -0.0400. The Morgan fingerprint density at radius 1 is 0.538 bits per heavy atom. The lowest BCUT2D eigenvalue weighted by molar-refractivity contribution is -0.00376. The number of unbranched alkanes of at least 4 members (excludes halogenated alkanes) is 12. The van der Waals surface area contributed by atoms with Crippen molar-refractivity contribution in [2.45, 2.75) is 156 Å².